The fourth-order valence-corrected chi connectivity index (χ4v) is 8.83. The van der Waals surface area contributed by atoms with Crippen molar-refractivity contribution in [2.24, 2.45) is 77.3 Å². The largest absolute Gasteiger partial charge is 0.493 e. The Morgan fingerprint density at radius 2 is 1.01 bits per heavy atom. The van der Waals surface area contributed by atoms with Gasteiger partial charge in [0.25, 0.3) is 11.1 Å². The lowest BCUT2D eigenvalue weighted by atomic mass is 10.0. The molecular formula is C49H78N22O9S. The quantitative estimate of drug-likeness (QED) is 0.00990. The van der Waals surface area contributed by atoms with Gasteiger partial charge in [-0.05, 0) is 112 Å². The maximum Gasteiger partial charge on any atom is 0.290 e. The lowest BCUT2D eigenvalue weighted by Gasteiger charge is -2.27. The van der Waals surface area contributed by atoms with Gasteiger partial charge in [0.2, 0.25) is 35.4 Å². The molecule has 0 aliphatic carbocycles. The van der Waals surface area contributed by atoms with E-state index in [9.17, 15) is 38.4 Å². The van der Waals surface area contributed by atoms with Crippen LogP contribution in [0.1, 0.15) is 82.6 Å². The SMILES string of the molecule is NC(=O)[C@H](CCCN=C(N)N)NC(=O)[C@H](CCCN=C(N)N)NC(=O)[C@H](CCCN=C(N)N)NC(=O)[C@H](CCCNC1NC1N)NC(=O)[C@H](CCCN=C(N)N)NC(=O)CCCOc1ccc(/C=C2\SC(=O)NC2=O)c2ccccc12. The molecule has 7 atom stereocenters. The summed E-state index contributed by atoms with van der Waals surface area (Å²) in [6.45, 7) is 0.847. The number of amides is 8. The van der Waals surface area contributed by atoms with Crippen LogP contribution >= 0.6 is 11.8 Å². The molecule has 0 spiro atoms. The number of carbonyl (C=O) groups is 8. The third kappa shape index (κ3) is 24.2. The highest BCUT2D eigenvalue weighted by molar-refractivity contribution is 8.18. The van der Waals surface area contributed by atoms with E-state index in [2.05, 4.69) is 62.5 Å². The summed E-state index contributed by atoms with van der Waals surface area (Å²) in [6.07, 6.45) is 2.59. The monoisotopic (exact) mass is 1150 g/mol. The molecule has 0 radical (unpaired) electrons. The molecule has 0 bridgehead atoms. The molecule has 8 amide bonds. The van der Waals surface area contributed by atoms with E-state index in [4.69, 9.17) is 62.1 Å². The highest BCUT2D eigenvalue weighted by Crippen LogP contribution is 2.33. The second kappa shape index (κ2) is 33.8. The number of nitrogens with zero attached hydrogens (tertiary/aromatic N) is 4. The second-order valence-electron chi connectivity index (χ2n) is 18.8. The number of nitrogens with one attached hydrogen (secondary N) is 8. The summed E-state index contributed by atoms with van der Waals surface area (Å²) in [7, 11) is 0. The van der Waals surface area contributed by atoms with Gasteiger partial charge in [-0.1, -0.05) is 30.3 Å². The predicted octanol–water partition coefficient (Wildman–Crippen LogP) is -4.97. The van der Waals surface area contributed by atoms with Gasteiger partial charge >= 0.3 is 0 Å². The van der Waals surface area contributed by atoms with Crippen LogP contribution in [0.3, 0.4) is 0 Å². The van der Waals surface area contributed by atoms with E-state index in [-0.39, 0.29) is 144 Å². The number of primary amides is 1. The number of fused-ring (bicyclic) bond motifs is 1. The van der Waals surface area contributed by atoms with Crippen molar-refractivity contribution < 1.29 is 43.1 Å². The molecule has 2 aromatic rings. The molecule has 2 aliphatic rings. The average molecular weight is 1150 g/mol. The van der Waals surface area contributed by atoms with E-state index in [1.165, 1.54) is 0 Å². The Bertz CT molecular complexity index is 2670. The van der Waals surface area contributed by atoms with Crippen LogP contribution in [0.4, 0.5) is 4.79 Å². The Balaban J connectivity index is 1.52. The molecule has 32 heteroatoms. The Hall–Kier alpha value is -8.49. The molecule has 0 aromatic heterocycles. The van der Waals surface area contributed by atoms with Gasteiger partial charge in [-0.25, -0.2) is 0 Å². The third-order valence-corrected chi connectivity index (χ3v) is 13.1. The smallest absolute Gasteiger partial charge is 0.290 e. The van der Waals surface area contributed by atoms with Crippen LogP contribution in [0.15, 0.2) is 61.3 Å². The highest BCUT2D eigenvalue weighted by atomic mass is 32.2. The summed E-state index contributed by atoms with van der Waals surface area (Å²) in [4.78, 5) is 123. The molecule has 444 valence electrons. The second-order valence-corrected chi connectivity index (χ2v) is 19.8. The maximum atomic E-state index is 14.5. The zero-order chi connectivity index (χ0) is 59.4. The molecule has 28 N–H and O–H groups in total. The van der Waals surface area contributed by atoms with Gasteiger partial charge in [-0.15, -0.1) is 0 Å². The van der Waals surface area contributed by atoms with Gasteiger partial charge in [-0.2, -0.15) is 0 Å². The van der Waals surface area contributed by atoms with Crippen molar-refractivity contribution in [3.05, 3.63) is 46.9 Å². The van der Waals surface area contributed by atoms with Crippen molar-refractivity contribution >= 4 is 99.0 Å². The van der Waals surface area contributed by atoms with Gasteiger partial charge in [0.15, 0.2) is 23.8 Å². The summed E-state index contributed by atoms with van der Waals surface area (Å²) >= 11 is 0.809. The van der Waals surface area contributed by atoms with Gasteiger partial charge in [0, 0.05) is 38.0 Å². The number of imide groups is 1. The first-order valence-corrected chi connectivity index (χ1v) is 27.1. The number of guanidine groups is 4. The Labute approximate surface area is 472 Å². The molecule has 0 saturated carbocycles. The molecule has 31 nitrogen and oxygen atoms in total. The van der Waals surface area contributed by atoms with E-state index in [0.29, 0.717) is 24.3 Å². The fourth-order valence-electron chi connectivity index (χ4n) is 8.16. The number of hydrogen-bond donors (Lipinski definition) is 18. The first-order chi connectivity index (χ1) is 38.6. The molecule has 2 aliphatic heterocycles. The molecule has 2 aromatic carbocycles. The molecule has 2 heterocycles. The standard InChI is InChI=1S/C49H78N22O9S/c50-37-39(70-37)60-19-4-13-32(42(76)69-33(15-7-23-64-48(58)59)43(77)68-31(14-6-22-63-47(56)57)41(75)66-29(38(51)73)11-3-20-61-45(52)53)67-40(74)30(12-5-21-62-46(54)55)65-36(72)16-8-24-80-34-18-17-26(27-9-1-2-10-28(27)34)25-35-44(78)71-49(79)81-35/h1-2,9-10,17-18,25,29-33,37,39,60,70H,3-8,11-16,19-24,50H2,(H2,51,73)(H,65,72)(H,66,75)(H,67,74)(H,68,77)(H,69,76)(H4,52,53,61)(H4,54,55,62)(H4,56,57,63)(H4,58,59,64)(H,71,78,79)/b35-25-/t29-,30-,31-,32-,33-,37?,39?/m0/s1. The van der Waals surface area contributed by atoms with Crippen LogP contribution in [0.2, 0.25) is 0 Å². The summed E-state index contributed by atoms with van der Waals surface area (Å²) in [5.74, 6) is -5.19. The van der Waals surface area contributed by atoms with Crippen LogP contribution in [0.25, 0.3) is 16.8 Å². The highest BCUT2D eigenvalue weighted by Gasteiger charge is 2.34. The third-order valence-electron chi connectivity index (χ3n) is 12.3. The maximum absolute atomic E-state index is 14.5. The van der Waals surface area contributed by atoms with Crippen LogP contribution in [0.5, 0.6) is 5.75 Å². The molecular weight excluding hydrogens is 1070 g/mol. The number of ether oxygens (including phenoxy) is 1. The topological polar surface area (TPSA) is 562 Å². The van der Waals surface area contributed by atoms with E-state index < -0.39 is 76.8 Å². The van der Waals surface area contributed by atoms with Crippen molar-refractivity contribution in [2.75, 3.05) is 39.3 Å². The minimum atomic E-state index is -1.35. The summed E-state index contributed by atoms with van der Waals surface area (Å²) in [5, 5.41) is 23.0. The number of hydrogen-bond acceptors (Lipinski definition) is 17. The first-order valence-electron chi connectivity index (χ1n) is 26.3. The summed E-state index contributed by atoms with van der Waals surface area (Å²) < 4.78 is 6.11. The average Bonchev–Trinajstić information content (AvgIpc) is 4.07. The minimum Gasteiger partial charge on any atom is -0.493 e. The van der Waals surface area contributed by atoms with Gasteiger partial charge < -0.3 is 88.7 Å². The molecule has 2 unspecified atom stereocenters. The minimum absolute atomic E-state index is 0.0329. The summed E-state index contributed by atoms with van der Waals surface area (Å²) in [5.41, 5.74) is 56.2. The van der Waals surface area contributed by atoms with Crippen LogP contribution in [0, 0.1) is 0 Å². The Morgan fingerprint density at radius 3 is 1.44 bits per heavy atom. The fraction of sp³-hybridized carbons (Fsp3) is 0.510. The van der Waals surface area contributed by atoms with E-state index in [1.807, 2.05) is 24.3 Å². The molecule has 4 rings (SSSR count). The van der Waals surface area contributed by atoms with Crippen LogP contribution < -0.4 is 105 Å². The number of aliphatic imine (C=N–C) groups is 4. The number of rotatable bonds is 37. The van der Waals surface area contributed by atoms with Crippen LogP contribution in [-0.2, 0) is 33.6 Å². The van der Waals surface area contributed by atoms with Crippen molar-refractivity contribution in [1.82, 2.24) is 42.5 Å². The van der Waals surface area contributed by atoms with Gasteiger partial charge in [0.1, 0.15) is 36.0 Å². The van der Waals surface area contributed by atoms with Crippen molar-refractivity contribution in [2.45, 2.75) is 120 Å². The van der Waals surface area contributed by atoms with Crippen molar-refractivity contribution in [3.63, 3.8) is 0 Å². The lowest BCUT2D eigenvalue weighted by Crippen LogP contribution is -2.59. The number of carbonyl (C=O) groups excluding carboxylic acids is 8. The Kier molecular flexibility index (Phi) is 27.2. The number of nitrogens with two attached hydrogens (primary N) is 10. The number of benzene rings is 2. The zero-order valence-electron chi connectivity index (χ0n) is 45.0. The van der Waals surface area contributed by atoms with E-state index >= 15 is 0 Å². The normalized spacial score (nSPS) is 16.7. The van der Waals surface area contributed by atoms with Crippen LogP contribution in [-0.4, -0.2) is 152 Å². The molecule has 81 heavy (non-hydrogen) atoms. The van der Waals surface area contributed by atoms with E-state index in [1.54, 1.807) is 18.2 Å². The van der Waals surface area contributed by atoms with Gasteiger partial charge in [-0.3, -0.25) is 74.3 Å². The Morgan fingerprint density at radius 1 is 0.580 bits per heavy atom. The molecule has 2 saturated heterocycles. The lowest BCUT2D eigenvalue weighted by molar-refractivity contribution is -0.135. The molecule has 2 fully saturated rings. The van der Waals surface area contributed by atoms with E-state index in [0.717, 1.165) is 22.5 Å². The van der Waals surface area contributed by atoms with Crippen molar-refractivity contribution in [1.29, 1.82) is 0 Å². The van der Waals surface area contributed by atoms with Gasteiger partial charge in [0.05, 0.1) is 23.8 Å². The number of thioether (sulfide) groups is 1. The predicted molar refractivity (Wildman–Crippen MR) is 308 cm³/mol. The summed E-state index contributed by atoms with van der Waals surface area (Å²) in [6, 6.07) is 4.52. The zero-order valence-corrected chi connectivity index (χ0v) is 45.8. The first kappa shape index (κ1) is 65.0. The van der Waals surface area contributed by atoms with Crippen molar-refractivity contribution in [3.8, 4) is 5.75 Å².